The maximum absolute atomic E-state index is 7.93. The number of aromatic nitrogens is 5. The molecule has 0 aliphatic heterocycles. The third kappa shape index (κ3) is 18.6. The van der Waals surface area contributed by atoms with Gasteiger partial charge in [-0.25, -0.2) is 0 Å². The minimum absolute atomic E-state index is 0.434. The zero-order valence-corrected chi connectivity index (χ0v) is 75.7. The summed E-state index contributed by atoms with van der Waals surface area (Å²) in [7, 11) is 10.4. The third-order valence-electron chi connectivity index (χ3n) is 24.6. The van der Waals surface area contributed by atoms with E-state index in [0.29, 0.717) is 45.9 Å². The molecule has 5 nitrogen and oxygen atoms in total. The van der Waals surface area contributed by atoms with Crippen molar-refractivity contribution in [3.05, 3.63) is 323 Å². The van der Waals surface area contributed by atoms with Gasteiger partial charge in [-0.2, -0.15) is 22.8 Å². The molecule has 0 saturated carbocycles. The molecule has 0 unspecified atom stereocenters. The average Bonchev–Trinajstić information content (AvgIpc) is 0.601. The van der Waals surface area contributed by atoms with Crippen molar-refractivity contribution in [1.82, 2.24) is 0 Å². The fraction of sp³-hybridized carbons (Fsp3) is 0.336. The molecule has 5 heterocycles. The molecule has 0 radical (unpaired) electrons. The van der Waals surface area contributed by atoms with Crippen LogP contribution in [0.4, 0.5) is 0 Å². The minimum Gasteiger partial charge on any atom is -0.194 e. The smallest absolute Gasteiger partial charge is 0.194 e. The molecule has 0 spiro atoms. The lowest BCUT2D eigenvalue weighted by Crippen LogP contribution is -2.32. The van der Waals surface area contributed by atoms with Gasteiger partial charge in [0.25, 0.3) is 0 Å². The first-order chi connectivity index (χ1) is 60.8. The van der Waals surface area contributed by atoms with Gasteiger partial charge in [0, 0.05) is 132 Å². The number of nitrogens with zero attached hydrogens (tertiary/aromatic N) is 5. The Morgan fingerprint density at radius 1 is 0.263 bits per heavy atom. The number of pyridine rings is 5. The maximum Gasteiger partial charge on any atom is 0.213 e. The van der Waals surface area contributed by atoms with E-state index in [1.807, 2.05) is 62.4 Å². The molecule has 15 aromatic rings. The van der Waals surface area contributed by atoms with Crippen LogP contribution in [-0.2, 0) is 54.5 Å². The van der Waals surface area contributed by atoms with E-state index in [-0.39, 0.29) is 0 Å². The van der Waals surface area contributed by atoms with Crippen molar-refractivity contribution in [2.45, 2.75) is 223 Å². The number of hydrogen-bond donors (Lipinski definition) is 0. The number of benzene rings is 10. The van der Waals surface area contributed by atoms with Crippen LogP contribution in [0, 0.1) is 104 Å². The summed E-state index contributed by atoms with van der Waals surface area (Å²) in [6.07, 6.45) is 2.99. The van der Waals surface area contributed by atoms with Crippen LogP contribution in [0.1, 0.15) is 239 Å². The molecule has 15 rings (SSSR count). The highest BCUT2D eigenvalue weighted by molar-refractivity contribution is 5.86. The second kappa shape index (κ2) is 37.0. The van der Waals surface area contributed by atoms with Crippen molar-refractivity contribution >= 4 is 54.5 Å². The van der Waals surface area contributed by atoms with E-state index in [0.717, 1.165) is 120 Å². The van der Waals surface area contributed by atoms with Crippen LogP contribution in [0.5, 0.6) is 0 Å². The van der Waals surface area contributed by atoms with Gasteiger partial charge < -0.3 is 0 Å². The van der Waals surface area contributed by atoms with Crippen LogP contribution in [0.2, 0.25) is 0 Å². The second-order valence-corrected chi connectivity index (χ2v) is 34.5. The Balaban J connectivity index is 0.000000157. The first-order valence-electron chi connectivity index (χ1n) is 48.5. The lowest BCUT2D eigenvalue weighted by Gasteiger charge is -2.15. The highest BCUT2D eigenvalue weighted by Gasteiger charge is 2.26. The molecule has 5 heteroatoms. The van der Waals surface area contributed by atoms with E-state index >= 15 is 0 Å². The molecule has 0 bridgehead atoms. The topological polar surface area (TPSA) is 19.4 Å². The highest BCUT2D eigenvalue weighted by atomic mass is 15.0. The first-order valence-corrected chi connectivity index (χ1v) is 42.5. The third-order valence-corrected chi connectivity index (χ3v) is 24.6. The fourth-order valence-corrected chi connectivity index (χ4v) is 17.0. The summed E-state index contributed by atoms with van der Waals surface area (Å²) >= 11 is 0. The summed E-state index contributed by atoms with van der Waals surface area (Å²) in [6, 6.07) is 70.6. The highest BCUT2D eigenvalue weighted by Crippen LogP contribution is 2.36. The summed E-state index contributed by atoms with van der Waals surface area (Å²) in [5.41, 5.74) is 39.1. The van der Waals surface area contributed by atoms with E-state index in [1.54, 1.807) is 24.3 Å². The van der Waals surface area contributed by atoms with Gasteiger partial charge in [-0.15, -0.1) is 0 Å². The molecule has 0 saturated heterocycles. The van der Waals surface area contributed by atoms with Crippen molar-refractivity contribution in [3.8, 4) is 56.3 Å². The normalized spacial score (nSPS) is 13.3. The molecule has 118 heavy (non-hydrogen) atoms. The fourth-order valence-electron chi connectivity index (χ4n) is 17.0. The summed E-state index contributed by atoms with van der Waals surface area (Å²) in [4.78, 5) is 0. The zero-order chi connectivity index (χ0) is 95.9. The molecule has 0 atom stereocenters. The Morgan fingerprint density at radius 3 is 0.992 bits per heavy atom. The molecule has 0 N–H and O–H groups in total. The largest absolute Gasteiger partial charge is 0.213 e. The van der Waals surface area contributed by atoms with Gasteiger partial charge in [0.1, 0.15) is 35.2 Å². The SMILES string of the molecule is Cc1cc(C)c(C)c(-c2ccc3c(C(C)C)cccc3[n+]2C)c1.[2H]C([2H])([2H])c1cc(C)cc(-c2ccc3c(C(C)C)cc(C(C)C)cc3[n+]2C)c1C.[2H]C([2H])([2H])c1cc(C)cc(-c2ccc3c(CC)cc(CC)cc3[n+]2C)c1C.[2H]C([2H])([2H])c1cc(C)cc(-c2ccc3ccc(C(C)C)cc3[n+]2C)c1C.[2H]C([2H])([2H])c1cc(C)cc(-c2ccc3ccc(CC)cc3[n+]2C)c1C. The van der Waals surface area contributed by atoms with Gasteiger partial charge in [0.2, 0.25) is 56.1 Å². The van der Waals surface area contributed by atoms with Crippen LogP contribution >= 0.6 is 0 Å². The van der Waals surface area contributed by atoms with E-state index in [9.17, 15) is 0 Å². The van der Waals surface area contributed by atoms with Crippen molar-refractivity contribution in [2.24, 2.45) is 35.2 Å². The Morgan fingerprint density at radius 2 is 0.593 bits per heavy atom. The maximum atomic E-state index is 7.93. The average molecular weight is 1580 g/mol. The lowest BCUT2D eigenvalue weighted by atomic mass is 9.91. The molecular formula is C113H136N5+5. The van der Waals surface area contributed by atoms with E-state index in [2.05, 4.69) is 324 Å². The Bertz CT molecular complexity index is 6810. The zero-order valence-electron chi connectivity index (χ0n) is 87.7. The number of aryl methyl sites for hydroxylation is 18. The molecule has 5 aromatic heterocycles. The minimum atomic E-state index is -2.12. The van der Waals surface area contributed by atoms with Gasteiger partial charge in [0.15, 0.2) is 0 Å². The Hall–Kier alpha value is -10.8. The lowest BCUT2D eigenvalue weighted by molar-refractivity contribution is -0.633. The van der Waals surface area contributed by atoms with Crippen LogP contribution in [0.3, 0.4) is 0 Å². The van der Waals surface area contributed by atoms with Gasteiger partial charge in [-0.05, 0) is 314 Å². The van der Waals surface area contributed by atoms with E-state index in [1.165, 1.54) is 110 Å². The summed E-state index contributed by atoms with van der Waals surface area (Å²) in [5.74, 6) is 1.88. The molecule has 0 aliphatic carbocycles. The van der Waals surface area contributed by atoms with Gasteiger partial charge in [-0.3, -0.25) is 0 Å². The van der Waals surface area contributed by atoms with Crippen molar-refractivity contribution < 1.29 is 39.3 Å². The van der Waals surface area contributed by atoms with Crippen molar-refractivity contribution in [2.75, 3.05) is 0 Å². The van der Waals surface area contributed by atoms with Crippen LogP contribution in [0.15, 0.2) is 200 Å². The summed E-state index contributed by atoms with van der Waals surface area (Å²) < 4.78 is 106. The van der Waals surface area contributed by atoms with Crippen LogP contribution < -0.4 is 22.8 Å². The molecule has 608 valence electrons. The molecule has 10 aromatic carbocycles. The van der Waals surface area contributed by atoms with Gasteiger partial charge >= 0.3 is 0 Å². The van der Waals surface area contributed by atoms with Crippen molar-refractivity contribution in [3.63, 3.8) is 0 Å². The number of rotatable bonds is 12. The van der Waals surface area contributed by atoms with Crippen LogP contribution in [-0.4, -0.2) is 0 Å². The van der Waals surface area contributed by atoms with E-state index in [4.69, 9.17) is 16.4 Å². The second-order valence-electron chi connectivity index (χ2n) is 34.5. The first kappa shape index (κ1) is 72.5. The predicted octanol–water partition coefficient (Wildman–Crippen LogP) is 27.5. The summed E-state index contributed by atoms with van der Waals surface area (Å²) in [6.45, 7) is 38.0. The summed E-state index contributed by atoms with van der Waals surface area (Å²) in [5, 5.41) is 6.25. The molecule has 0 amide bonds. The number of hydrogen-bond acceptors (Lipinski definition) is 0. The molecule has 0 aliphatic rings. The quantitative estimate of drug-likeness (QED) is 0.109. The van der Waals surface area contributed by atoms with E-state index < -0.39 is 27.4 Å². The Kier molecular flexibility index (Phi) is 22.8. The van der Waals surface area contributed by atoms with Gasteiger partial charge in [0.05, 0.1) is 0 Å². The van der Waals surface area contributed by atoms with Crippen LogP contribution in [0.25, 0.3) is 111 Å². The van der Waals surface area contributed by atoms with Gasteiger partial charge in [-0.1, -0.05) is 171 Å². The standard InChI is InChI=1S/C25H32N.C23H28N.2C22H26N.C21H24N/c1-15(2)20-13-22(16(3)4)21-9-10-24(26(8)25(21)14-20)23-12-17(5)11-18(6)19(23)7;1-7-18-13-19(8-2)20-9-10-22(24(6)23(20)14-18)21-12-15(3)11-16(4)17(21)5;1-14(2)19-8-7-18-9-10-21(23(6)22(18)13-19)20-12-15(3)11-16(4)17(20)5;1-14(2)18-8-7-9-21-19(18)10-11-22(23(21)6)20-13-15(3)12-16(4)17(20)5;1-6-17-7-8-18-9-10-20(22(5)21(18)13-17)19-12-14(2)11-15(3)16(19)4/h9-16H,1-8H3;9-14H,7-8H2,1-6H3;2*7-14H,1-6H3;7-13H,6H2,1-5H3/q5*+1/i6D3;2*4D3;;3D3. The monoisotopic (exact) mass is 1580 g/mol. The molecular weight excluding hydrogens is 1430 g/mol. The Labute approximate surface area is 726 Å². The predicted molar refractivity (Wildman–Crippen MR) is 508 cm³/mol. The molecule has 0 fully saturated rings. The number of fused-ring (bicyclic) bond motifs is 5. The van der Waals surface area contributed by atoms with Crippen molar-refractivity contribution in [1.29, 1.82) is 0 Å².